The molecule has 0 aliphatic rings. The molecular weight excluding hydrogens is 200 g/mol. The summed E-state index contributed by atoms with van der Waals surface area (Å²) in [5, 5.41) is 3.09. The summed E-state index contributed by atoms with van der Waals surface area (Å²) in [5.74, 6) is 0.385. The second-order valence-electron chi connectivity index (χ2n) is 2.52. The molecule has 0 saturated carbocycles. The number of halogens is 1. The van der Waals surface area contributed by atoms with Gasteiger partial charge in [0.05, 0.1) is 0 Å². The molecule has 0 aliphatic heterocycles. The lowest BCUT2D eigenvalue weighted by Crippen LogP contribution is -1.97. The Labute approximate surface area is 86.0 Å². The number of para-hydroxylation sites is 1. The minimum Gasteiger partial charge on any atom is -0.324 e. The second kappa shape index (κ2) is 4.02. The number of benzene rings is 1. The summed E-state index contributed by atoms with van der Waals surface area (Å²) in [7, 11) is 0. The number of aromatic nitrogens is 3. The van der Waals surface area contributed by atoms with E-state index < -0.39 is 0 Å². The average Bonchev–Trinajstić information content (AvgIpc) is 2.19. The van der Waals surface area contributed by atoms with Gasteiger partial charge in [0.25, 0.3) is 0 Å². The topological polar surface area (TPSA) is 50.7 Å². The molecule has 0 saturated heterocycles. The smallest absolute Gasteiger partial charge is 0.232 e. The van der Waals surface area contributed by atoms with Crippen LogP contribution in [0.3, 0.4) is 0 Å². The van der Waals surface area contributed by atoms with Crippen molar-refractivity contribution < 1.29 is 0 Å². The van der Waals surface area contributed by atoms with Gasteiger partial charge in [-0.15, -0.1) is 0 Å². The van der Waals surface area contributed by atoms with Crippen LogP contribution in [0.2, 0.25) is 5.28 Å². The van der Waals surface area contributed by atoms with Gasteiger partial charge in [-0.3, -0.25) is 0 Å². The zero-order valence-electron chi connectivity index (χ0n) is 7.11. The molecule has 14 heavy (non-hydrogen) atoms. The van der Waals surface area contributed by atoms with Crippen LogP contribution in [0.15, 0.2) is 30.3 Å². The van der Waals surface area contributed by atoms with Crippen LogP contribution in [0.4, 0.5) is 11.6 Å². The Morgan fingerprint density at radius 1 is 1.14 bits per heavy atom. The highest BCUT2D eigenvalue weighted by Gasteiger charge is 1.98. The van der Waals surface area contributed by atoms with Crippen LogP contribution in [0, 0.1) is 6.33 Å². The zero-order chi connectivity index (χ0) is 9.80. The lowest BCUT2D eigenvalue weighted by atomic mass is 10.3. The van der Waals surface area contributed by atoms with Crippen molar-refractivity contribution in [3.05, 3.63) is 41.9 Å². The summed E-state index contributed by atoms with van der Waals surface area (Å²) < 4.78 is 0. The summed E-state index contributed by atoms with van der Waals surface area (Å²) in [4.78, 5) is 11.2. The van der Waals surface area contributed by atoms with Gasteiger partial charge in [-0.2, -0.15) is 15.0 Å². The van der Waals surface area contributed by atoms with Gasteiger partial charge >= 0.3 is 0 Å². The Morgan fingerprint density at radius 3 is 2.64 bits per heavy atom. The maximum absolute atomic E-state index is 5.58. The highest BCUT2D eigenvalue weighted by atomic mass is 35.5. The van der Waals surface area contributed by atoms with E-state index >= 15 is 0 Å². The van der Waals surface area contributed by atoms with Crippen LogP contribution in [-0.2, 0) is 0 Å². The highest BCUT2D eigenvalue weighted by molar-refractivity contribution is 6.28. The van der Waals surface area contributed by atoms with Crippen LogP contribution in [0.25, 0.3) is 0 Å². The molecule has 0 amide bonds. The summed E-state index contributed by atoms with van der Waals surface area (Å²) in [6.45, 7) is 0. The third-order valence-electron chi connectivity index (χ3n) is 1.53. The molecule has 1 aromatic heterocycles. The fourth-order valence-electron chi connectivity index (χ4n) is 0.957. The third kappa shape index (κ3) is 2.17. The van der Waals surface area contributed by atoms with Gasteiger partial charge in [0.2, 0.25) is 17.6 Å². The molecule has 0 atom stereocenters. The molecule has 0 unspecified atom stereocenters. The van der Waals surface area contributed by atoms with Crippen molar-refractivity contribution in [2.45, 2.75) is 0 Å². The van der Waals surface area contributed by atoms with E-state index in [9.17, 15) is 0 Å². The Hall–Kier alpha value is -1.68. The van der Waals surface area contributed by atoms with Crippen LogP contribution in [-0.4, -0.2) is 15.0 Å². The minimum atomic E-state index is 0.124. The van der Waals surface area contributed by atoms with Crippen molar-refractivity contribution in [3.63, 3.8) is 0 Å². The predicted octanol–water partition coefficient (Wildman–Crippen LogP) is 2.07. The number of nitrogens with one attached hydrogen (secondary N) is 1. The molecule has 1 radical (unpaired) electrons. The number of hydrogen-bond acceptors (Lipinski definition) is 4. The first-order chi connectivity index (χ1) is 6.84. The van der Waals surface area contributed by atoms with Gasteiger partial charge in [0.1, 0.15) is 0 Å². The van der Waals surface area contributed by atoms with E-state index in [0.29, 0.717) is 5.95 Å². The van der Waals surface area contributed by atoms with Gasteiger partial charge in [0, 0.05) is 5.69 Å². The average molecular weight is 206 g/mol. The quantitative estimate of drug-likeness (QED) is 0.816. The van der Waals surface area contributed by atoms with Gasteiger partial charge in [-0.1, -0.05) is 18.2 Å². The Balaban J connectivity index is 2.19. The Bertz CT molecular complexity index is 418. The Kier molecular flexibility index (Phi) is 2.55. The Morgan fingerprint density at radius 2 is 1.93 bits per heavy atom. The fraction of sp³-hybridized carbons (Fsp3) is 0. The van der Waals surface area contributed by atoms with Crippen LogP contribution >= 0.6 is 11.6 Å². The molecule has 1 aromatic carbocycles. The van der Waals surface area contributed by atoms with Crippen molar-refractivity contribution >= 4 is 23.2 Å². The first-order valence-electron chi connectivity index (χ1n) is 3.94. The number of anilines is 2. The van der Waals surface area contributed by atoms with Crippen molar-refractivity contribution in [3.8, 4) is 0 Å². The lowest BCUT2D eigenvalue weighted by Gasteiger charge is -2.02. The molecule has 2 aromatic rings. The van der Waals surface area contributed by atoms with Crippen molar-refractivity contribution in [1.29, 1.82) is 0 Å². The molecule has 2 rings (SSSR count). The van der Waals surface area contributed by atoms with E-state index in [1.165, 1.54) is 0 Å². The van der Waals surface area contributed by atoms with Crippen LogP contribution < -0.4 is 5.32 Å². The first kappa shape index (κ1) is 8.90. The van der Waals surface area contributed by atoms with E-state index in [-0.39, 0.29) is 5.28 Å². The number of nitrogens with zero attached hydrogens (tertiary/aromatic N) is 3. The van der Waals surface area contributed by atoms with Crippen LogP contribution in [0.5, 0.6) is 0 Å². The zero-order valence-corrected chi connectivity index (χ0v) is 7.86. The summed E-state index contributed by atoms with van der Waals surface area (Å²) in [6, 6.07) is 9.55. The van der Waals surface area contributed by atoms with Crippen molar-refractivity contribution in [1.82, 2.24) is 15.0 Å². The standard InChI is InChI=1S/C9H6ClN4/c10-8-11-6-12-9(14-8)13-7-4-2-1-3-5-7/h1-5H,(H,11,12,13,14). The third-order valence-corrected chi connectivity index (χ3v) is 1.70. The van der Waals surface area contributed by atoms with Gasteiger partial charge in [-0.25, -0.2) is 0 Å². The SMILES string of the molecule is Clc1n[c]nc(Nc2ccccc2)n1. The predicted molar refractivity (Wildman–Crippen MR) is 53.4 cm³/mol. The normalized spacial score (nSPS) is 9.79. The monoisotopic (exact) mass is 205 g/mol. The van der Waals surface area contributed by atoms with Gasteiger partial charge in [0.15, 0.2) is 0 Å². The molecule has 0 aliphatic carbocycles. The molecule has 4 nitrogen and oxygen atoms in total. The van der Waals surface area contributed by atoms with E-state index in [1.54, 1.807) is 0 Å². The molecular formula is C9H6ClN4. The maximum Gasteiger partial charge on any atom is 0.232 e. The van der Waals surface area contributed by atoms with E-state index in [2.05, 4.69) is 26.6 Å². The summed E-state index contributed by atoms with van der Waals surface area (Å²) in [5.41, 5.74) is 0.892. The number of hydrogen-bond donors (Lipinski definition) is 1. The summed E-state index contributed by atoms with van der Waals surface area (Å²) in [6.07, 6.45) is 2.39. The number of rotatable bonds is 2. The van der Waals surface area contributed by atoms with Crippen molar-refractivity contribution in [2.75, 3.05) is 5.32 Å². The molecule has 0 bridgehead atoms. The van der Waals surface area contributed by atoms with E-state index in [4.69, 9.17) is 11.6 Å². The molecule has 0 spiro atoms. The van der Waals surface area contributed by atoms with E-state index in [0.717, 1.165) is 5.69 Å². The fourth-order valence-corrected chi connectivity index (χ4v) is 1.08. The van der Waals surface area contributed by atoms with Gasteiger partial charge in [-0.05, 0) is 23.7 Å². The molecule has 1 N–H and O–H groups in total. The molecule has 0 fully saturated rings. The first-order valence-corrected chi connectivity index (χ1v) is 4.32. The van der Waals surface area contributed by atoms with Crippen LogP contribution in [0.1, 0.15) is 0 Å². The van der Waals surface area contributed by atoms with E-state index in [1.807, 2.05) is 30.3 Å². The molecule has 5 heteroatoms. The molecule has 1 heterocycles. The highest BCUT2D eigenvalue weighted by Crippen LogP contribution is 2.11. The van der Waals surface area contributed by atoms with Gasteiger partial charge < -0.3 is 5.32 Å². The van der Waals surface area contributed by atoms with Crippen molar-refractivity contribution in [2.24, 2.45) is 0 Å². The lowest BCUT2D eigenvalue weighted by molar-refractivity contribution is 1.04. The summed E-state index contributed by atoms with van der Waals surface area (Å²) >= 11 is 5.58. The second-order valence-corrected chi connectivity index (χ2v) is 2.86. The largest absolute Gasteiger partial charge is 0.324 e. The minimum absolute atomic E-state index is 0.124. The molecule has 69 valence electrons. The maximum atomic E-state index is 5.58.